The molecule has 2 heterocycles. The third kappa shape index (κ3) is 6.28. The minimum absolute atomic E-state index is 0.0322. The molecule has 3 N–H and O–H groups in total. The molecule has 1 amide bonds. The van der Waals surface area contributed by atoms with Crippen molar-refractivity contribution in [2.24, 2.45) is 0 Å². The number of carbonyl (C=O) groups is 2. The van der Waals surface area contributed by atoms with Gasteiger partial charge in [0.25, 0.3) is 5.92 Å². The van der Waals surface area contributed by atoms with Crippen LogP contribution in [0.15, 0.2) is 79.0 Å². The summed E-state index contributed by atoms with van der Waals surface area (Å²) in [5.74, 6) is -3.68. The molecule has 0 radical (unpaired) electrons. The van der Waals surface area contributed by atoms with Crippen LogP contribution in [-0.2, 0) is 22.4 Å². The van der Waals surface area contributed by atoms with Gasteiger partial charge >= 0.3 is 5.97 Å². The standard InChI is InChI=1S/C31H31F2N3O3/c32-31(33)14-16-36(17-15-31)27-9-5-4-8-24(27)30(22-6-2-1-3-7-22)35-28(37)19-21-10-12-26-25(18-21)23(20-34-26)11-13-29(38)39/h1-10,12,18,20,30,34H,11,13-17,19H2,(H,35,37)(H,38,39). The predicted octanol–water partition coefficient (Wildman–Crippen LogP) is 5.87. The monoisotopic (exact) mass is 531 g/mol. The number of piperidine rings is 1. The Morgan fingerprint density at radius 1 is 1.00 bits per heavy atom. The molecule has 1 fully saturated rings. The molecule has 6 nitrogen and oxygen atoms in total. The topological polar surface area (TPSA) is 85.4 Å². The molecular weight excluding hydrogens is 500 g/mol. The fourth-order valence-corrected chi connectivity index (χ4v) is 5.26. The average molecular weight is 532 g/mol. The van der Waals surface area contributed by atoms with Crippen molar-refractivity contribution in [3.8, 4) is 0 Å². The van der Waals surface area contributed by atoms with Crippen LogP contribution in [0.5, 0.6) is 0 Å². The van der Waals surface area contributed by atoms with Gasteiger partial charge in [0.1, 0.15) is 0 Å². The fourth-order valence-electron chi connectivity index (χ4n) is 5.26. The van der Waals surface area contributed by atoms with Crippen molar-refractivity contribution in [3.05, 3.63) is 101 Å². The van der Waals surface area contributed by atoms with E-state index in [9.17, 15) is 18.4 Å². The Kier molecular flexibility index (Phi) is 7.63. The molecule has 4 aromatic rings. The summed E-state index contributed by atoms with van der Waals surface area (Å²) in [6, 6.07) is 22.6. The molecule has 1 unspecified atom stereocenters. The van der Waals surface area contributed by atoms with Gasteiger partial charge in [-0.1, -0.05) is 54.6 Å². The first-order valence-corrected chi connectivity index (χ1v) is 13.2. The molecule has 1 aliphatic heterocycles. The number of nitrogens with one attached hydrogen (secondary N) is 2. The number of para-hydroxylation sites is 1. The zero-order chi connectivity index (χ0) is 27.4. The number of aryl methyl sites for hydroxylation is 1. The lowest BCUT2D eigenvalue weighted by atomic mass is 9.95. The van der Waals surface area contributed by atoms with Crippen LogP contribution < -0.4 is 10.2 Å². The highest BCUT2D eigenvalue weighted by Crippen LogP contribution is 2.35. The van der Waals surface area contributed by atoms with Gasteiger partial charge in [-0.3, -0.25) is 9.59 Å². The molecule has 8 heteroatoms. The van der Waals surface area contributed by atoms with E-state index in [0.717, 1.165) is 38.8 Å². The molecule has 39 heavy (non-hydrogen) atoms. The summed E-state index contributed by atoms with van der Waals surface area (Å²) >= 11 is 0. The quantitative estimate of drug-likeness (QED) is 0.252. The Morgan fingerprint density at radius 2 is 1.72 bits per heavy atom. The van der Waals surface area contributed by atoms with Crippen molar-refractivity contribution in [2.45, 2.75) is 44.1 Å². The number of amides is 1. The lowest BCUT2D eigenvalue weighted by Gasteiger charge is -2.36. The number of carbonyl (C=O) groups excluding carboxylic acids is 1. The number of nitrogens with zero attached hydrogens (tertiary/aromatic N) is 1. The van der Waals surface area contributed by atoms with E-state index in [2.05, 4.69) is 10.3 Å². The summed E-state index contributed by atoms with van der Waals surface area (Å²) in [6.07, 6.45) is 2.00. The van der Waals surface area contributed by atoms with E-state index in [4.69, 9.17) is 5.11 Å². The molecule has 1 saturated heterocycles. The number of halogens is 2. The number of benzene rings is 3. The number of carboxylic acid groups (broad SMARTS) is 1. The van der Waals surface area contributed by atoms with Crippen molar-refractivity contribution in [1.29, 1.82) is 0 Å². The van der Waals surface area contributed by atoms with Crippen LogP contribution in [0.1, 0.15) is 47.6 Å². The third-order valence-corrected chi connectivity index (χ3v) is 7.33. The SMILES string of the molecule is O=C(O)CCc1c[nH]c2ccc(CC(=O)NC(c3ccccc3)c3ccccc3N3CCC(F)(F)CC3)cc12. The first-order chi connectivity index (χ1) is 18.8. The van der Waals surface area contributed by atoms with Gasteiger partial charge in [0, 0.05) is 60.7 Å². The van der Waals surface area contributed by atoms with Crippen molar-refractivity contribution in [3.63, 3.8) is 0 Å². The van der Waals surface area contributed by atoms with E-state index in [-0.39, 0.29) is 44.7 Å². The number of aromatic nitrogens is 1. The van der Waals surface area contributed by atoms with E-state index >= 15 is 0 Å². The lowest BCUT2D eigenvalue weighted by Crippen LogP contribution is -2.40. The molecule has 1 aliphatic rings. The predicted molar refractivity (Wildman–Crippen MR) is 147 cm³/mol. The summed E-state index contributed by atoms with van der Waals surface area (Å²) in [5.41, 5.74) is 5.21. The van der Waals surface area contributed by atoms with Crippen molar-refractivity contribution in [1.82, 2.24) is 10.3 Å². The zero-order valence-corrected chi connectivity index (χ0v) is 21.5. The zero-order valence-electron chi connectivity index (χ0n) is 21.5. The molecule has 3 aromatic carbocycles. The molecule has 0 spiro atoms. The molecule has 5 rings (SSSR count). The van der Waals surface area contributed by atoms with Crippen molar-refractivity contribution < 1.29 is 23.5 Å². The fraction of sp³-hybridized carbons (Fsp3) is 0.290. The summed E-state index contributed by atoms with van der Waals surface area (Å²) in [6.45, 7) is 0.501. The van der Waals surface area contributed by atoms with Crippen molar-refractivity contribution >= 4 is 28.5 Å². The first kappa shape index (κ1) is 26.4. The largest absolute Gasteiger partial charge is 0.481 e. The van der Waals surface area contributed by atoms with E-state index in [1.165, 1.54) is 0 Å². The van der Waals surface area contributed by atoms with Crippen molar-refractivity contribution in [2.75, 3.05) is 18.0 Å². The Morgan fingerprint density at radius 3 is 2.46 bits per heavy atom. The highest BCUT2D eigenvalue weighted by Gasteiger charge is 2.35. The van der Waals surface area contributed by atoms with Crippen LogP contribution in [-0.4, -0.2) is 41.0 Å². The lowest BCUT2D eigenvalue weighted by molar-refractivity contribution is -0.137. The molecule has 0 aliphatic carbocycles. The highest BCUT2D eigenvalue weighted by molar-refractivity contribution is 5.87. The van der Waals surface area contributed by atoms with Gasteiger partial charge < -0.3 is 20.3 Å². The number of aliphatic carboxylic acids is 1. The smallest absolute Gasteiger partial charge is 0.303 e. The van der Waals surface area contributed by atoms with Gasteiger partial charge in [-0.2, -0.15) is 0 Å². The van der Waals surface area contributed by atoms with E-state index in [0.29, 0.717) is 6.42 Å². The molecule has 1 aromatic heterocycles. The number of aromatic amines is 1. The second-order valence-electron chi connectivity index (χ2n) is 10.1. The number of hydrogen-bond acceptors (Lipinski definition) is 3. The van der Waals surface area contributed by atoms with E-state index < -0.39 is 17.9 Å². The summed E-state index contributed by atoms with van der Waals surface area (Å²) in [4.78, 5) is 29.6. The van der Waals surface area contributed by atoms with E-state index in [1.807, 2.05) is 83.9 Å². The number of hydrogen-bond donors (Lipinski definition) is 3. The van der Waals surface area contributed by atoms with Gasteiger partial charge in [0.2, 0.25) is 5.91 Å². The molecular formula is C31H31F2N3O3. The molecule has 0 bridgehead atoms. The number of alkyl halides is 2. The van der Waals surface area contributed by atoms with Crippen LogP contribution in [0.2, 0.25) is 0 Å². The summed E-state index contributed by atoms with van der Waals surface area (Å²) < 4.78 is 27.7. The van der Waals surface area contributed by atoms with Crippen LogP contribution in [0.3, 0.4) is 0 Å². The maximum Gasteiger partial charge on any atom is 0.303 e. The molecule has 202 valence electrons. The minimum Gasteiger partial charge on any atom is -0.481 e. The Labute approximate surface area is 225 Å². The van der Waals surface area contributed by atoms with E-state index in [1.54, 1.807) is 0 Å². The van der Waals surface area contributed by atoms with Crippen LogP contribution in [0, 0.1) is 0 Å². The van der Waals surface area contributed by atoms with Gasteiger partial charge in [0.15, 0.2) is 0 Å². The second-order valence-corrected chi connectivity index (χ2v) is 10.1. The van der Waals surface area contributed by atoms with Crippen LogP contribution >= 0.6 is 0 Å². The minimum atomic E-state index is -2.65. The Balaban J connectivity index is 1.39. The Bertz CT molecular complexity index is 1460. The summed E-state index contributed by atoms with van der Waals surface area (Å²) in [5, 5.41) is 13.2. The number of rotatable bonds is 9. The molecule has 1 atom stereocenters. The normalized spacial score (nSPS) is 15.7. The van der Waals surface area contributed by atoms with Gasteiger partial charge in [-0.15, -0.1) is 0 Å². The van der Waals surface area contributed by atoms with Crippen LogP contribution in [0.25, 0.3) is 10.9 Å². The van der Waals surface area contributed by atoms with Gasteiger partial charge in [0.05, 0.1) is 12.5 Å². The van der Waals surface area contributed by atoms with Gasteiger partial charge in [-0.05, 0) is 41.3 Å². The summed E-state index contributed by atoms with van der Waals surface area (Å²) in [7, 11) is 0. The first-order valence-electron chi connectivity index (χ1n) is 13.2. The second kappa shape index (κ2) is 11.3. The maximum atomic E-state index is 13.9. The number of anilines is 1. The number of fused-ring (bicyclic) bond motifs is 1. The molecule has 0 saturated carbocycles. The average Bonchev–Trinajstić information content (AvgIpc) is 3.33. The van der Waals surface area contributed by atoms with Gasteiger partial charge in [-0.25, -0.2) is 8.78 Å². The highest BCUT2D eigenvalue weighted by atomic mass is 19.3. The number of carboxylic acids is 1. The third-order valence-electron chi connectivity index (χ3n) is 7.33. The Hall–Kier alpha value is -4.20. The van der Waals surface area contributed by atoms with Crippen LogP contribution in [0.4, 0.5) is 14.5 Å². The number of H-pyrrole nitrogens is 1. The maximum absolute atomic E-state index is 13.9.